The Hall–Kier alpha value is -3.24. The molecule has 178 valence electrons. The van der Waals surface area contributed by atoms with Crippen LogP contribution >= 0.6 is 0 Å². The quantitative estimate of drug-likeness (QED) is 0.253. The van der Waals surface area contributed by atoms with Crippen LogP contribution in [0.3, 0.4) is 0 Å². The standard InChI is InChI=1S/C30H36N2O2/c1-6-31(7-2)18-19-34-28-15-11-26(12-16-28)32-29-17-10-24(22(3)4)20-25(29)21-30(32)23-8-13-27(33-5)14-9-23/h8-17,20-22H,6-7,18-19H2,1-5H3. The van der Waals surface area contributed by atoms with E-state index in [0.717, 1.165) is 48.1 Å². The molecule has 0 aliphatic heterocycles. The number of aromatic nitrogens is 1. The van der Waals surface area contributed by atoms with E-state index in [0.29, 0.717) is 12.5 Å². The monoisotopic (exact) mass is 456 g/mol. The summed E-state index contributed by atoms with van der Waals surface area (Å²) in [6.45, 7) is 12.6. The van der Waals surface area contributed by atoms with Crippen LogP contribution in [0.15, 0.2) is 72.8 Å². The van der Waals surface area contributed by atoms with Gasteiger partial charge in [-0.2, -0.15) is 0 Å². The van der Waals surface area contributed by atoms with Crippen LogP contribution in [0.25, 0.3) is 27.8 Å². The van der Waals surface area contributed by atoms with Gasteiger partial charge in [-0.25, -0.2) is 0 Å². The second-order valence-electron chi connectivity index (χ2n) is 8.94. The summed E-state index contributed by atoms with van der Waals surface area (Å²) in [7, 11) is 1.70. The minimum Gasteiger partial charge on any atom is -0.497 e. The van der Waals surface area contributed by atoms with E-state index in [2.05, 4.69) is 97.8 Å². The molecule has 0 fully saturated rings. The number of likely N-dealkylation sites (N-methyl/N-ethyl adjacent to an activating group) is 1. The highest BCUT2D eigenvalue weighted by atomic mass is 16.5. The lowest BCUT2D eigenvalue weighted by Gasteiger charge is -2.18. The third-order valence-corrected chi connectivity index (χ3v) is 6.54. The Kier molecular flexibility index (Phi) is 7.59. The first-order valence-corrected chi connectivity index (χ1v) is 12.3. The predicted octanol–water partition coefficient (Wildman–Crippen LogP) is 7.15. The Morgan fingerprint density at radius 3 is 2.12 bits per heavy atom. The van der Waals surface area contributed by atoms with Crippen molar-refractivity contribution in [3.63, 3.8) is 0 Å². The zero-order valence-corrected chi connectivity index (χ0v) is 21.0. The van der Waals surface area contributed by atoms with Crippen molar-refractivity contribution >= 4 is 10.9 Å². The second-order valence-corrected chi connectivity index (χ2v) is 8.94. The molecule has 1 aromatic heterocycles. The normalized spacial score (nSPS) is 11.5. The molecular formula is C30H36N2O2. The molecule has 0 spiro atoms. The zero-order chi connectivity index (χ0) is 24.1. The first kappa shape index (κ1) is 23.9. The summed E-state index contributed by atoms with van der Waals surface area (Å²) < 4.78 is 13.7. The maximum absolute atomic E-state index is 6.02. The van der Waals surface area contributed by atoms with E-state index in [1.807, 2.05) is 12.1 Å². The average Bonchev–Trinajstić information content (AvgIpc) is 3.26. The molecule has 0 unspecified atom stereocenters. The van der Waals surface area contributed by atoms with E-state index in [-0.39, 0.29) is 0 Å². The van der Waals surface area contributed by atoms with Gasteiger partial charge in [0, 0.05) is 17.6 Å². The molecule has 0 aliphatic carbocycles. The molecule has 4 heteroatoms. The highest BCUT2D eigenvalue weighted by molar-refractivity contribution is 5.90. The summed E-state index contributed by atoms with van der Waals surface area (Å²) in [4.78, 5) is 2.37. The van der Waals surface area contributed by atoms with E-state index >= 15 is 0 Å². The number of hydrogen-bond acceptors (Lipinski definition) is 3. The molecule has 1 heterocycles. The maximum atomic E-state index is 6.02. The summed E-state index contributed by atoms with van der Waals surface area (Å²) in [5.74, 6) is 2.25. The second kappa shape index (κ2) is 10.8. The van der Waals surface area contributed by atoms with Gasteiger partial charge in [0.2, 0.25) is 0 Å². The van der Waals surface area contributed by atoms with Crippen LogP contribution < -0.4 is 9.47 Å². The number of methoxy groups -OCH3 is 1. The number of hydrogen-bond donors (Lipinski definition) is 0. The minimum atomic E-state index is 0.491. The molecule has 4 aromatic rings. The average molecular weight is 457 g/mol. The van der Waals surface area contributed by atoms with Gasteiger partial charge in [-0.05, 0) is 96.9 Å². The molecule has 0 saturated carbocycles. The van der Waals surface area contributed by atoms with Crippen LogP contribution in [0.1, 0.15) is 39.2 Å². The zero-order valence-electron chi connectivity index (χ0n) is 21.0. The third kappa shape index (κ3) is 5.13. The summed E-state index contributed by atoms with van der Waals surface area (Å²) >= 11 is 0. The van der Waals surface area contributed by atoms with Gasteiger partial charge < -0.3 is 18.9 Å². The molecule has 0 amide bonds. The van der Waals surface area contributed by atoms with Crippen molar-refractivity contribution in [2.24, 2.45) is 0 Å². The molecule has 3 aromatic carbocycles. The van der Waals surface area contributed by atoms with E-state index in [4.69, 9.17) is 9.47 Å². The van der Waals surface area contributed by atoms with Gasteiger partial charge in [0.25, 0.3) is 0 Å². The van der Waals surface area contributed by atoms with Crippen molar-refractivity contribution in [1.82, 2.24) is 9.47 Å². The molecule has 0 saturated heterocycles. The number of fused-ring (bicyclic) bond motifs is 1. The summed E-state index contributed by atoms with van der Waals surface area (Å²) in [6.07, 6.45) is 0. The molecule has 0 atom stereocenters. The molecule has 0 bridgehead atoms. The Bertz CT molecular complexity index is 1200. The van der Waals surface area contributed by atoms with Gasteiger partial charge in [0.15, 0.2) is 0 Å². The largest absolute Gasteiger partial charge is 0.497 e. The van der Waals surface area contributed by atoms with Gasteiger partial charge in [-0.15, -0.1) is 0 Å². The van der Waals surface area contributed by atoms with Crippen molar-refractivity contribution in [3.05, 3.63) is 78.4 Å². The van der Waals surface area contributed by atoms with Crippen LogP contribution in [-0.2, 0) is 0 Å². The van der Waals surface area contributed by atoms with E-state index in [9.17, 15) is 0 Å². The molecule has 4 rings (SSSR count). The molecule has 0 N–H and O–H groups in total. The molecule has 0 aliphatic rings. The topological polar surface area (TPSA) is 26.6 Å². The first-order chi connectivity index (χ1) is 16.5. The third-order valence-electron chi connectivity index (χ3n) is 6.54. The fourth-order valence-corrected chi connectivity index (χ4v) is 4.37. The Balaban J connectivity index is 1.69. The van der Waals surface area contributed by atoms with E-state index in [1.54, 1.807) is 7.11 Å². The van der Waals surface area contributed by atoms with Crippen LogP contribution in [0.2, 0.25) is 0 Å². The predicted molar refractivity (Wildman–Crippen MR) is 143 cm³/mol. The van der Waals surface area contributed by atoms with Crippen LogP contribution in [0.4, 0.5) is 0 Å². The summed E-state index contributed by atoms with van der Waals surface area (Å²) in [5.41, 5.74) is 5.99. The number of benzene rings is 3. The summed E-state index contributed by atoms with van der Waals surface area (Å²) in [5, 5.41) is 1.25. The lowest BCUT2D eigenvalue weighted by molar-refractivity contribution is 0.223. The Morgan fingerprint density at radius 2 is 1.50 bits per heavy atom. The van der Waals surface area contributed by atoms with E-state index < -0.39 is 0 Å². The molecule has 0 radical (unpaired) electrons. The Morgan fingerprint density at radius 1 is 0.824 bits per heavy atom. The molecule has 34 heavy (non-hydrogen) atoms. The van der Waals surface area contributed by atoms with Crippen LogP contribution in [-0.4, -0.2) is 42.8 Å². The number of nitrogens with zero attached hydrogens (tertiary/aromatic N) is 2. The van der Waals surface area contributed by atoms with Crippen molar-refractivity contribution in [2.75, 3.05) is 33.4 Å². The minimum absolute atomic E-state index is 0.491. The first-order valence-electron chi connectivity index (χ1n) is 12.3. The lowest BCUT2D eigenvalue weighted by atomic mass is 10.0. The fraction of sp³-hybridized carbons (Fsp3) is 0.333. The highest BCUT2D eigenvalue weighted by Crippen LogP contribution is 2.34. The van der Waals surface area contributed by atoms with Gasteiger partial charge in [-0.3, -0.25) is 0 Å². The number of ether oxygens (including phenoxy) is 2. The lowest BCUT2D eigenvalue weighted by Crippen LogP contribution is -2.27. The highest BCUT2D eigenvalue weighted by Gasteiger charge is 2.14. The van der Waals surface area contributed by atoms with Crippen molar-refractivity contribution in [2.45, 2.75) is 33.6 Å². The van der Waals surface area contributed by atoms with Crippen molar-refractivity contribution in [3.8, 4) is 28.4 Å². The SMILES string of the molecule is CCN(CC)CCOc1ccc(-n2c(-c3ccc(OC)cc3)cc3cc(C(C)C)ccc32)cc1. The molecular weight excluding hydrogens is 420 g/mol. The van der Waals surface area contributed by atoms with Gasteiger partial charge in [0.05, 0.1) is 18.3 Å². The van der Waals surface area contributed by atoms with Gasteiger partial charge >= 0.3 is 0 Å². The van der Waals surface area contributed by atoms with Gasteiger partial charge in [-0.1, -0.05) is 33.8 Å². The fourth-order valence-electron chi connectivity index (χ4n) is 4.37. The van der Waals surface area contributed by atoms with Gasteiger partial charge in [0.1, 0.15) is 18.1 Å². The van der Waals surface area contributed by atoms with Crippen LogP contribution in [0.5, 0.6) is 11.5 Å². The van der Waals surface area contributed by atoms with Crippen molar-refractivity contribution < 1.29 is 9.47 Å². The maximum Gasteiger partial charge on any atom is 0.119 e. The van der Waals surface area contributed by atoms with E-state index in [1.165, 1.54) is 16.5 Å². The van der Waals surface area contributed by atoms with Crippen molar-refractivity contribution in [1.29, 1.82) is 0 Å². The van der Waals surface area contributed by atoms with Crippen LogP contribution in [0, 0.1) is 0 Å². The summed E-state index contributed by atoms with van der Waals surface area (Å²) in [6, 6.07) is 25.8. The number of rotatable bonds is 10. The smallest absolute Gasteiger partial charge is 0.119 e. The molecule has 4 nitrogen and oxygen atoms in total. The Labute approximate surface area is 203 Å².